The summed E-state index contributed by atoms with van der Waals surface area (Å²) in [4.78, 5) is 12.2. The number of ether oxygens (including phenoxy) is 2. The quantitative estimate of drug-likeness (QED) is 0.667. The van der Waals surface area contributed by atoms with Crippen molar-refractivity contribution in [2.75, 3.05) is 5.73 Å². The summed E-state index contributed by atoms with van der Waals surface area (Å²) in [6.07, 6.45) is 1.24. The summed E-state index contributed by atoms with van der Waals surface area (Å²) in [5.41, 5.74) is 6.08. The Labute approximate surface area is 128 Å². The SMILES string of the molecule is CC1CC(OC(=O)c2c(Cl)ccc(Cl)c2N)CC(C)O1. The molecule has 1 aromatic rings. The first-order valence-corrected chi connectivity index (χ1v) is 7.24. The van der Waals surface area contributed by atoms with Gasteiger partial charge in [0, 0.05) is 12.8 Å². The molecule has 110 valence electrons. The van der Waals surface area contributed by atoms with E-state index in [0.717, 1.165) is 0 Å². The molecule has 0 amide bonds. The second-order valence-corrected chi connectivity index (χ2v) is 5.89. The number of esters is 1. The fourth-order valence-electron chi connectivity index (χ4n) is 2.43. The first-order valence-electron chi connectivity index (χ1n) is 6.48. The van der Waals surface area contributed by atoms with Crippen LogP contribution in [0.25, 0.3) is 0 Å². The summed E-state index contributed by atoms with van der Waals surface area (Å²) in [6.45, 7) is 3.91. The highest BCUT2D eigenvalue weighted by molar-refractivity contribution is 6.38. The van der Waals surface area contributed by atoms with Gasteiger partial charge in [0.15, 0.2) is 0 Å². The second-order valence-electron chi connectivity index (χ2n) is 5.07. The zero-order valence-corrected chi connectivity index (χ0v) is 12.9. The molecule has 0 aromatic heterocycles. The van der Waals surface area contributed by atoms with Crippen molar-refractivity contribution in [1.82, 2.24) is 0 Å². The van der Waals surface area contributed by atoms with Crippen molar-refractivity contribution in [2.24, 2.45) is 0 Å². The van der Waals surface area contributed by atoms with Gasteiger partial charge in [-0.2, -0.15) is 0 Å². The van der Waals surface area contributed by atoms with Crippen LogP contribution in [-0.2, 0) is 9.47 Å². The summed E-state index contributed by atoms with van der Waals surface area (Å²) in [5, 5.41) is 0.528. The predicted molar refractivity (Wildman–Crippen MR) is 79.3 cm³/mol. The predicted octanol–water partition coefficient (Wildman–Crippen LogP) is 3.69. The van der Waals surface area contributed by atoms with Crippen LogP contribution in [0.2, 0.25) is 10.0 Å². The van der Waals surface area contributed by atoms with E-state index in [-0.39, 0.29) is 39.6 Å². The summed E-state index contributed by atoms with van der Waals surface area (Å²) >= 11 is 11.9. The number of halogens is 2. The number of hydrogen-bond donors (Lipinski definition) is 1. The summed E-state index contributed by atoms with van der Waals surface area (Å²) in [6, 6.07) is 3.08. The second kappa shape index (κ2) is 6.20. The Balaban J connectivity index is 2.14. The molecular formula is C14H17Cl2NO3. The molecule has 0 spiro atoms. The van der Waals surface area contributed by atoms with E-state index in [0.29, 0.717) is 12.8 Å². The first-order chi connectivity index (χ1) is 9.38. The van der Waals surface area contributed by atoms with Gasteiger partial charge in [-0.05, 0) is 26.0 Å². The van der Waals surface area contributed by atoms with Gasteiger partial charge < -0.3 is 15.2 Å². The Morgan fingerprint density at radius 3 is 2.40 bits per heavy atom. The lowest BCUT2D eigenvalue weighted by Crippen LogP contribution is -2.35. The third kappa shape index (κ3) is 3.37. The third-order valence-corrected chi connectivity index (χ3v) is 3.92. The van der Waals surface area contributed by atoms with E-state index in [9.17, 15) is 4.79 Å². The molecule has 0 radical (unpaired) electrons. The molecule has 1 aliphatic heterocycles. The van der Waals surface area contributed by atoms with Gasteiger partial charge >= 0.3 is 5.97 Å². The van der Waals surface area contributed by atoms with Crippen LogP contribution in [0.3, 0.4) is 0 Å². The number of rotatable bonds is 2. The molecule has 2 unspecified atom stereocenters. The highest BCUT2D eigenvalue weighted by atomic mass is 35.5. The summed E-state index contributed by atoms with van der Waals surface area (Å²) < 4.78 is 11.1. The van der Waals surface area contributed by atoms with E-state index < -0.39 is 5.97 Å². The number of carbonyl (C=O) groups is 1. The van der Waals surface area contributed by atoms with Gasteiger partial charge in [0.05, 0.1) is 27.9 Å². The fraction of sp³-hybridized carbons (Fsp3) is 0.500. The molecule has 6 heteroatoms. The highest BCUT2D eigenvalue weighted by Gasteiger charge is 2.29. The third-order valence-electron chi connectivity index (χ3n) is 3.27. The molecular weight excluding hydrogens is 301 g/mol. The molecule has 0 bridgehead atoms. The topological polar surface area (TPSA) is 61.5 Å². The molecule has 1 fully saturated rings. The Morgan fingerprint density at radius 1 is 1.25 bits per heavy atom. The smallest absolute Gasteiger partial charge is 0.342 e. The van der Waals surface area contributed by atoms with Crippen LogP contribution >= 0.6 is 23.2 Å². The van der Waals surface area contributed by atoms with E-state index >= 15 is 0 Å². The minimum Gasteiger partial charge on any atom is -0.458 e. The average Bonchev–Trinajstić information content (AvgIpc) is 2.33. The van der Waals surface area contributed by atoms with Gasteiger partial charge in [0.1, 0.15) is 11.7 Å². The standard InChI is InChI=1S/C14H17Cl2NO3/c1-7-5-9(6-8(2)19-7)20-14(18)12-10(15)3-4-11(16)13(12)17/h3-4,7-9H,5-6,17H2,1-2H3. The maximum absolute atomic E-state index is 12.2. The van der Waals surface area contributed by atoms with E-state index in [4.69, 9.17) is 38.4 Å². The van der Waals surface area contributed by atoms with Gasteiger partial charge in [-0.1, -0.05) is 23.2 Å². The van der Waals surface area contributed by atoms with Crippen LogP contribution in [0.15, 0.2) is 12.1 Å². The maximum Gasteiger partial charge on any atom is 0.342 e. The lowest BCUT2D eigenvalue weighted by atomic mass is 10.0. The van der Waals surface area contributed by atoms with Crippen LogP contribution in [0, 0.1) is 0 Å². The number of nitrogen functional groups attached to an aromatic ring is 1. The molecule has 4 nitrogen and oxygen atoms in total. The minimum absolute atomic E-state index is 0.0590. The summed E-state index contributed by atoms with van der Waals surface area (Å²) in [5.74, 6) is -0.540. The fourth-order valence-corrected chi connectivity index (χ4v) is 2.83. The zero-order chi connectivity index (χ0) is 14.9. The monoisotopic (exact) mass is 317 g/mol. The van der Waals surface area contributed by atoms with Crippen molar-refractivity contribution < 1.29 is 14.3 Å². The molecule has 2 N–H and O–H groups in total. The number of hydrogen-bond acceptors (Lipinski definition) is 4. The van der Waals surface area contributed by atoms with Crippen LogP contribution in [0.5, 0.6) is 0 Å². The Kier molecular flexibility index (Phi) is 4.78. The number of carbonyl (C=O) groups excluding carboxylic acids is 1. The van der Waals surface area contributed by atoms with Gasteiger partial charge in [-0.25, -0.2) is 4.79 Å². The van der Waals surface area contributed by atoms with Crippen molar-refractivity contribution in [3.63, 3.8) is 0 Å². The Hall–Kier alpha value is -0.970. The number of nitrogens with two attached hydrogens (primary N) is 1. The molecule has 20 heavy (non-hydrogen) atoms. The van der Waals surface area contributed by atoms with Gasteiger partial charge in [-0.15, -0.1) is 0 Å². The molecule has 2 atom stereocenters. The zero-order valence-electron chi connectivity index (χ0n) is 11.4. The van der Waals surface area contributed by atoms with Crippen molar-refractivity contribution in [1.29, 1.82) is 0 Å². The average molecular weight is 318 g/mol. The van der Waals surface area contributed by atoms with Crippen molar-refractivity contribution in [3.8, 4) is 0 Å². The largest absolute Gasteiger partial charge is 0.458 e. The van der Waals surface area contributed by atoms with E-state index in [1.807, 2.05) is 13.8 Å². The van der Waals surface area contributed by atoms with Crippen LogP contribution in [0.4, 0.5) is 5.69 Å². The summed E-state index contributed by atoms with van der Waals surface area (Å²) in [7, 11) is 0. The molecule has 1 aliphatic rings. The van der Waals surface area contributed by atoms with E-state index in [1.54, 1.807) is 6.07 Å². The number of benzene rings is 1. The number of anilines is 1. The highest BCUT2D eigenvalue weighted by Crippen LogP contribution is 2.31. The molecule has 2 rings (SSSR count). The van der Waals surface area contributed by atoms with Crippen molar-refractivity contribution in [2.45, 2.75) is 45.0 Å². The molecule has 1 saturated heterocycles. The Bertz CT molecular complexity index is 511. The minimum atomic E-state index is -0.540. The van der Waals surface area contributed by atoms with Gasteiger partial charge in [0.25, 0.3) is 0 Å². The first kappa shape index (κ1) is 15.4. The van der Waals surface area contributed by atoms with Crippen LogP contribution in [0.1, 0.15) is 37.0 Å². The van der Waals surface area contributed by atoms with E-state index in [2.05, 4.69) is 0 Å². The van der Waals surface area contributed by atoms with Gasteiger partial charge in [0.2, 0.25) is 0 Å². The van der Waals surface area contributed by atoms with Crippen LogP contribution in [-0.4, -0.2) is 24.3 Å². The van der Waals surface area contributed by atoms with Crippen molar-refractivity contribution >= 4 is 34.9 Å². The Morgan fingerprint density at radius 2 is 1.80 bits per heavy atom. The molecule has 0 aliphatic carbocycles. The van der Waals surface area contributed by atoms with Gasteiger partial charge in [-0.3, -0.25) is 0 Å². The normalized spacial score (nSPS) is 26.3. The molecule has 0 saturated carbocycles. The molecule has 1 heterocycles. The van der Waals surface area contributed by atoms with E-state index in [1.165, 1.54) is 6.07 Å². The van der Waals surface area contributed by atoms with Crippen molar-refractivity contribution in [3.05, 3.63) is 27.7 Å². The molecule has 1 aromatic carbocycles. The lowest BCUT2D eigenvalue weighted by molar-refractivity contribution is -0.0855. The lowest BCUT2D eigenvalue weighted by Gasteiger charge is -2.31. The maximum atomic E-state index is 12.2. The van der Waals surface area contributed by atoms with Crippen LogP contribution < -0.4 is 5.73 Å².